The van der Waals surface area contributed by atoms with Gasteiger partial charge >= 0.3 is 0 Å². The number of hydrogen-bond donors (Lipinski definition) is 2. The van der Waals surface area contributed by atoms with Crippen LogP contribution in [0.4, 0.5) is 10.4 Å². The topological polar surface area (TPSA) is 64.1 Å². The van der Waals surface area contributed by atoms with E-state index < -0.39 is 0 Å². The van der Waals surface area contributed by atoms with Crippen LogP contribution in [0.25, 0.3) is 11.1 Å². The lowest BCUT2D eigenvalue weighted by atomic mass is 9.86. The molecule has 2 aromatic rings. The average Bonchev–Trinajstić information content (AvgIpc) is 2.81. The molecule has 0 amide bonds. The van der Waals surface area contributed by atoms with E-state index in [1.165, 1.54) is 12.1 Å². The van der Waals surface area contributed by atoms with E-state index >= 15 is 0 Å². The zero-order valence-electron chi connectivity index (χ0n) is 10.7. The van der Waals surface area contributed by atoms with E-state index in [1.807, 2.05) is 0 Å². The maximum Gasteiger partial charge on any atom is 0.295 e. The fourth-order valence-corrected chi connectivity index (χ4v) is 2.68. The van der Waals surface area contributed by atoms with Gasteiger partial charge in [-0.1, -0.05) is 0 Å². The molecule has 0 spiro atoms. The van der Waals surface area contributed by atoms with Crippen LogP contribution in [0.5, 0.6) is 0 Å². The molecule has 1 aliphatic rings. The summed E-state index contributed by atoms with van der Waals surface area (Å²) >= 11 is 0. The van der Waals surface area contributed by atoms with Gasteiger partial charge in [-0.15, -0.1) is 0 Å². The van der Waals surface area contributed by atoms with E-state index in [1.54, 1.807) is 6.07 Å². The number of oxazole rings is 1. The minimum Gasteiger partial charge on any atom is -0.424 e. The number of hydrogen-bond acceptors (Lipinski definition) is 4. The molecule has 1 aromatic carbocycles. The summed E-state index contributed by atoms with van der Waals surface area (Å²) in [7, 11) is 0. The van der Waals surface area contributed by atoms with Gasteiger partial charge in [-0.2, -0.15) is 4.98 Å². The third-order valence-corrected chi connectivity index (χ3v) is 3.86. The molecule has 0 atom stereocenters. The molecule has 3 rings (SSSR count). The number of aromatic nitrogens is 1. The predicted molar refractivity (Wildman–Crippen MR) is 72.4 cm³/mol. The summed E-state index contributed by atoms with van der Waals surface area (Å²) in [6, 6.07) is 5.23. The van der Waals surface area contributed by atoms with Crippen molar-refractivity contribution < 1.29 is 8.81 Å². The van der Waals surface area contributed by atoms with Gasteiger partial charge in [0.15, 0.2) is 5.58 Å². The standard InChI is InChI=1S/C14H18FN3O/c15-10-3-6-13-12(7-10)18-14(19-13)17-11-4-1-9(8-16)2-5-11/h3,6-7,9,11H,1-2,4-5,8,16H2,(H,17,18). The lowest BCUT2D eigenvalue weighted by Crippen LogP contribution is -2.29. The number of fused-ring (bicyclic) bond motifs is 1. The van der Waals surface area contributed by atoms with Crippen molar-refractivity contribution in [3.63, 3.8) is 0 Å². The Morgan fingerprint density at radius 2 is 2.11 bits per heavy atom. The highest BCUT2D eigenvalue weighted by atomic mass is 19.1. The minimum absolute atomic E-state index is 0.296. The van der Waals surface area contributed by atoms with Crippen molar-refractivity contribution in [3.8, 4) is 0 Å². The first-order chi connectivity index (χ1) is 9.24. The first kappa shape index (κ1) is 12.4. The highest BCUT2D eigenvalue weighted by Crippen LogP contribution is 2.27. The first-order valence-electron chi connectivity index (χ1n) is 6.77. The van der Waals surface area contributed by atoms with Crippen LogP contribution in [-0.4, -0.2) is 17.6 Å². The molecule has 3 N–H and O–H groups in total. The monoisotopic (exact) mass is 263 g/mol. The summed E-state index contributed by atoms with van der Waals surface area (Å²) < 4.78 is 18.6. The van der Waals surface area contributed by atoms with Gasteiger partial charge in [-0.05, 0) is 50.3 Å². The number of halogens is 1. The van der Waals surface area contributed by atoms with Crippen LogP contribution >= 0.6 is 0 Å². The van der Waals surface area contributed by atoms with Gasteiger partial charge < -0.3 is 15.5 Å². The van der Waals surface area contributed by atoms with E-state index in [0.717, 1.165) is 32.2 Å². The average molecular weight is 263 g/mol. The Balaban J connectivity index is 1.68. The molecular formula is C14H18FN3O. The number of benzene rings is 1. The molecule has 4 nitrogen and oxygen atoms in total. The van der Waals surface area contributed by atoms with Crippen molar-refractivity contribution in [2.75, 3.05) is 11.9 Å². The number of nitrogens with one attached hydrogen (secondary N) is 1. The molecule has 1 heterocycles. The molecule has 0 saturated heterocycles. The maximum absolute atomic E-state index is 13.1. The summed E-state index contributed by atoms with van der Waals surface area (Å²) in [5.74, 6) is 0.353. The highest BCUT2D eigenvalue weighted by Gasteiger charge is 2.21. The summed E-state index contributed by atoms with van der Waals surface area (Å²) in [6.45, 7) is 0.773. The minimum atomic E-state index is -0.296. The van der Waals surface area contributed by atoms with Crippen LogP contribution in [0.2, 0.25) is 0 Å². The quantitative estimate of drug-likeness (QED) is 0.893. The smallest absolute Gasteiger partial charge is 0.295 e. The van der Waals surface area contributed by atoms with Crippen LogP contribution in [0, 0.1) is 11.7 Å². The normalized spacial score (nSPS) is 23.7. The summed E-state index contributed by atoms with van der Waals surface area (Å²) in [4.78, 5) is 4.26. The molecule has 5 heteroatoms. The summed E-state index contributed by atoms with van der Waals surface area (Å²) in [5, 5.41) is 3.29. The SMILES string of the molecule is NCC1CCC(Nc2nc3cc(F)ccc3o2)CC1. The van der Waals surface area contributed by atoms with Crippen molar-refractivity contribution in [1.29, 1.82) is 0 Å². The van der Waals surface area contributed by atoms with E-state index in [0.29, 0.717) is 29.1 Å². The molecular weight excluding hydrogens is 245 g/mol. The van der Waals surface area contributed by atoms with Gasteiger partial charge in [0, 0.05) is 12.1 Å². The molecule has 1 fully saturated rings. The molecule has 1 saturated carbocycles. The van der Waals surface area contributed by atoms with E-state index in [-0.39, 0.29) is 5.82 Å². The van der Waals surface area contributed by atoms with Crippen LogP contribution in [-0.2, 0) is 0 Å². The Kier molecular flexibility index (Phi) is 3.38. The van der Waals surface area contributed by atoms with Gasteiger partial charge in [-0.25, -0.2) is 4.39 Å². The molecule has 1 aliphatic carbocycles. The third kappa shape index (κ3) is 2.71. The van der Waals surface area contributed by atoms with Gasteiger partial charge in [-0.3, -0.25) is 0 Å². The molecule has 0 radical (unpaired) electrons. The fourth-order valence-electron chi connectivity index (χ4n) is 2.68. The Labute approximate surface area is 111 Å². The van der Waals surface area contributed by atoms with Crippen molar-refractivity contribution >= 4 is 17.1 Å². The molecule has 19 heavy (non-hydrogen) atoms. The van der Waals surface area contributed by atoms with E-state index in [4.69, 9.17) is 10.2 Å². The van der Waals surface area contributed by atoms with Crippen molar-refractivity contribution in [1.82, 2.24) is 4.98 Å². The van der Waals surface area contributed by atoms with Crippen LogP contribution < -0.4 is 11.1 Å². The van der Waals surface area contributed by atoms with E-state index in [9.17, 15) is 4.39 Å². The first-order valence-corrected chi connectivity index (χ1v) is 6.77. The second-order valence-electron chi connectivity index (χ2n) is 5.23. The Morgan fingerprint density at radius 1 is 1.32 bits per heavy atom. The summed E-state index contributed by atoms with van der Waals surface area (Å²) in [6.07, 6.45) is 4.44. The lowest BCUT2D eigenvalue weighted by Gasteiger charge is -2.27. The highest BCUT2D eigenvalue weighted by molar-refractivity contribution is 5.74. The molecule has 0 bridgehead atoms. The Bertz CT molecular complexity index is 561. The molecule has 1 aromatic heterocycles. The largest absolute Gasteiger partial charge is 0.424 e. The zero-order valence-corrected chi connectivity index (χ0v) is 10.7. The predicted octanol–water partition coefficient (Wildman–Crippen LogP) is 2.90. The van der Waals surface area contributed by atoms with Crippen molar-refractivity contribution in [2.45, 2.75) is 31.7 Å². The number of anilines is 1. The van der Waals surface area contributed by atoms with Gasteiger partial charge in [0.2, 0.25) is 0 Å². The van der Waals surface area contributed by atoms with Gasteiger partial charge in [0.25, 0.3) is 6.01 Å². The Morgan fingerprint density at radius 3 is 2.84 bits per heavy atom. The van der Waals surface area contributed by atoms with Crippen molar-refractivity contribution in [3.05, 3.63) is 24.0 Å². The number of nitrogens with zero attached hydrogens (tertiary/aromatic N) is 1. The second-order valence-corrected chi connectivity index (χ2v) is 5.23. The van der Waals surface area contributed by atoms with Crippen LogP contribution in [0.1, 0.15) is 25.7 Å². The maximum atomic E-state index is 13.1. The molecule has 0 aliphatic heterocycles. The van der Waals surface area contributed by atoms with Crippen molar-refractivity contribution in [2.24, 2.45) is 11.7 Å². The zero-order chi connectivity index (χ0) is 13.2. The molecule has 102 valence electrons. The Hall–Kier alpha value is -1.62. The van der Waals surface area contributed by atoms with Crippen LogP contribution in [0.3, 0.4) is 0 Å². The van der Waals surface area contributed by atoms with Gasteiger partial charge in [0.05, 0.1) is 0 Å². The fraction of sp³-hybridized carbons (Fsp3) is 0.500. The van der Waals surface area contributed by atoms with Crippen LogP contribution in [0.15, 0.2) is 22.6 Å². The third-order valence-electron chi connectivity index (χ3n) is 3.86. The lowest BCUT2D eigenvalue weighted by molar-refractivity contribution is 0.341. The van der Waals surface area contributed by atoms with Gasteiger partial charge in [0.1, 0.15) is 11.3 Å². The summed E-state index contributed by atoms with van der Waals surface area (Å²) in [5.41, 5.74) is 6.84. The number of rotatable bonds is 3. The number of nitrogens with two attached hydrogens (primary N) is 1. The second kappa shape index (κ2) is 5.17. The molecule has 0 unspecified atom stereocenters. The van der Waals surface area contributed by atoms with E-state index in [2.05, 4.69) is 10.3 Å².